The van der Waals surface area contributed by atoms with E-state index in [1.54, 1.807) is 12.1 Å². The number of hydrogen-bond donors (Lipinski definition) is 1. The first-order valence-corrected chi connectivity index (χ1v) is 9.05. The van der Waals surface area contributed by atoms with Crippen molar-refractivity contribution in [1.82, 2.24) is 14.9 Å². The quantitative estimate of drug-likeness (QED) is 0.385. The van der Waals surface area contributed by atoms with Gasteiger partial charge in [0.05, 0.1) is 16.8 Å². The van der Waals surface area contributed by atoms with Crippen LogP contribution in [0.2, 0.25) is 0 Å². The summed E-state index contributed by atoms with van der Waals surface area (Å²) in [5.74, 6) is -1.02. The first-order valence-electron chi connectivity index (χ1n) is 9.05. The van der Waals surface area contributed by atoms with E-state index in [4.69, 9.17) is 4.84 Å². The average Bonchev–Trinajstić information content (AvgIpc) is 2.98. The molecule has 0 spiro atoms. The lowest BCUT2D eigenvalue weighted by molar-refractivity contribution is 0.0699. The summed E-state index contributed by atoms with van der Waals surface area (Å²) in [4.78, 5) is 28.5. The fraction of sp³-hybridized carbons (Fsp3) is 0.238. The van der Waals surface area contributed by atoms with Gasteiger partial charge in [0.25, 0.3) is 0 Å². The molecule has 0 saturated carbocycles. The molecule has 3 aromatic rings. The molecule has 1 aliphatic carbocycles. The fourth-order valence-electron chi connectivity index (χ4n) is 3.27. The topological polar surface area (TPSA) is 87.9 Å². The molecule has 2 aromatic carbocycles. The lowest BCUT2D eigenvalue weighted by Crippen LogP contribution is -2.14. The first-order chi connectivity index (χ1) is 13.6. The van der Waals surface area contributed by atoms with E-state index < -0.39 is 5.97 Å². The highest BCUT2D eigenvalue weighted by atomic mass is 35.5. The van der Waals surface area contributed by atoms with Crippen molar-refractivity contribution in [3.63, 3.8) is 0 Å². The van der Waals surface area contributed by atoms with E-state index in [0.29, 0.717) is 34.7 Å². The summed E-state index contributed by atoms with van der Waals surface area (Å²) in [6, 6.07) is 12.7. The maximum atomic E-state index is 11.6. The van der Waals surface area contributed by atoms with Gasteiger partial charge in [0.15, 0.2) is 0 Å². The molecule has 0 unspecified atom stereocenters. The van der Waals surface area contributed by atoms with Crippen LogP contribution >= 0.6 is 12.4 Å². The van der Waals surface area contributed by atoms with Gasteiger partial charge >= 0.3 is 5.97 Å². The number of aromatic carboxylic acids is 1. The van der Waals surface area contributed by atoms with Crippen LogP contribution in [-0.2, 0) is 4.84 Å². The molecule has 1 N–H and O–H groups in total. The largest absolute Gasteiger partial charge is 0.478 e. The molecule has 150 valence electrons. The molecular weight excluding hydrogens is 392 g/mol. The number of carboxylic acid groups (broad SMARTS) is 1. The maximum absolute atomic E-state index is 11.6. The van der Waals surface area contributed by atoms with Crippen molar-refractivity contribution in [2.75, 3.05) is 27.2 Å². The monoisotopic (exact) mass is 412 g/mol. The smallest absolute Gasteiger partial charge is 0.337 e. The molecule has 29 heavy (non-hydrogen) atoms. The summed E-state index contributed by atoms with van der Waals surface area (Å²) >= 11 is 0. The maximum Gasteiger partial charge on any atom is 0.337 e. The normalized spacial score (nSPS) is 13.3. The Hall–Kier alpha value is -3.03. The number of benzene rings is 2. The molecular formula is C21H21ClN4O3. The fourth-order valence-corrected chi connectivity index (χ4v) is 3.27. The number of rotatable bonds is 6. The number of halogens is 1. The molecule has 4 rings (SSSR count). The van der Waals surface area contributed by atoms with Crippen LogP contribution in [0.4, 0.5) is 0 Å². The van der Waals surface area contributed by atoms with Crippen LogP contribution < -0.4 is 0 Å². The highest BCUT2D eigenvalue weighted by Crippen LogP contribution is 2.36. The third-order valence-electron chi connectivity index (χ3n) is 4.58. The summed E-state index contributed by atoms with van der Waals surface area (Å²) in [6.45, 7) is 1.42. The Kier molecular flexibility index (Phi) is 6.10. The van der Waals surface area contributed by atoms with E-state index >= 15 is 0 Å². The highest BCUT2D eigenvalue weighted by Gasteiger charge is 2.29. The summed E-state index contributed by atoms with van der Waals surface area (Å²) in [7, 11) is 4.03. The predicted octanol–water partition coefficient (Wildman–Crippen LogP) is 3.45. The van der Waals surface area contributed by atoms with Gasteiger partial charge in [-0.15, -0.1) is 12.4 Å². The molecule has 8 heteroatoms. The van der Waals surface area contributed by atoms with Crippen molar-refractivity contribution in [2.24, 2.45) is 5.16 Å². The molecule has 1 aliphatic rings. The van der Waals surface area contributed by atoms with E-state index in [0.717, 1.165) is 24.1 Å². The molecule has 0 saturated heterocycles. The summed E-state index contributed by atoms with van der Waals surface area (Å²) in [5.41, 5.74) is 4.67. The van der Waals surface area contributed by atoms with Crippen molar-refractivity contribution in [1.29, 1.82) is 0 Å². The van der Waals surface area contributed by atoms with Crippen molar-refractivity contribution in [3.8, 4) is 11.3 Å². The number of carbonyl (C=O) groups is 1. The Bertz CT molecular complexity index is 1100. The minimum absolute atomic E-state index is 0. The molecule has 0 amide bonds. The zero-order valence-corrected chi connectivity index (χ0v) is 16.9. The second kappa shape index (κ2) is 8.55. The zero-order chi connectivity index (χ0) is 19.7. The second-order valence-corrected chi connectivity index (χ2v) is 6.87. The van der Waals surface area contributed by atoms with Gasteiger partial charge in [-0.3, -0.25) is 0 Å². The van der Waals surface area contributed by atoms with Gasteiger partial charge in [-0.1, -0.05) is 35.5 Å². The number of carboxylic acids is 1. The standard InChI is InChI=1S/C21H20N4O3.ClH/c1-25(2)11-6-12-28-24-19-14-8-4-3-7-13(14)18-20(19)22-16-10-5-9-15(21(26)27)17(16)23-18;/h3-5,7-10H,6,11-12H2,1-2H3,(H,26,27);1H/b24-19+;. The number of hydrogen-bond acceptors (Lipinski definition) is 6. The molecule has 0 bridgehead atoms. The van der Waals surface area contributed by atoms with Gasteiger partial charge in [-0.2, -0.15) is 0 Å². The number of fused-ring (bicyclic) bond motifs is 4. The first kappa shape index (κ1) is 20.7. The lowest BCUT2D eigenvalue weighted by atomic mass is 10.1. The molecule has 1 aromatic heterocycles. The van der Waals surface area contributed by atoms with Gasteiger partial charge in [0.1, 0.15) is 23.5 Å². The van der Waals surface area contributed by atoms with Crippen molar-refractivity contribution in [3.05, 3.63) is 59.3 Å². The van der Waals surface area contributed by atoms with E-state index in [1.165, 1.54) is 6.07 Å². The molecule has 0 fully saturated rings. The van der Waals surface area contributed by atoms with Gasteiger partial charge < -0.3 is 14.8 Å². The molecule has 1 heterocycles. The SMILES string of the molecule is CN(C)CCCO/N=C1\c2ccccc2-c2nc3c(C(=O)O)cccc3nc21.Cl. The number of nitrogens with zero attached hydrogens (tertiary/aromatic N) is 4. The third-order valence-corrected chi connectivity index (χ3v) is 4.58. The molecule has 7 nitrogen and oxygen atoms in total. The molecule has 0 radical (unpaired) electrons. The Morgan fingerprint density at radius 3 is 2.55 bits per heavy atom. The Labute approximate surface area is 174 Å². The van der Waals surface area contributed by atoms with Crippen LogP contribution in [0.3, 0.4) is 0 Å². The number of para-hydroxylation sites is 1. The number of oxime groups is 1. The van der Waals surface area contributed by atoms with E-state index in [2.05, 4.69) is 20.0 Å². The van der Waals surface area contributed by atoms with E-state index in [1.807, 2.05) is 38.4 Å². The molecule has 0 atom stereocenters. The van der Waals surface area contributed by atoms with Crippen LogP contribution in [0.5, 0.6) is 0 Å². The van der Waals surface area contributed by atoms with Crippen LogP contribution in [0.1, 0.15) is 28.0 Å². The zero-order valence-electron chi connectivity index (χ0n) is 16.1. The van der Waals surface area contributed by atoms with Crippen LogP contribution in [0.25, 0.3) is 22.3 Å². The average molecular weight is 413 g/mol. The van der Waals surface area contributed by atoms with Crippen molar-refractivity contribution >= 4 is 35.1 Å². The summed E-state index contributed by atoms with van der Waals surface area (Å²) in [6.07, 6.45) is 0.865. The third kappa shape index (κ3) is 3.92. The van der Waals surface area contributed by atoms with Crippen LogP contribution in [0.15, 0.2) is 47.6 Å². The Morgan fingerprint density at radius 2 is 1.83 bits per heavy atom. The lowest BCUT2D eigenvalue weighted by Gasteiger charge is -2.08. The summed E-state index contributed by atoms with van der Waals surface area (Å²) in [5, 5.41) is 13.8. The van der Waals surface area contributed by atoms with Gasteiger partial charge in [0, 0.05) is 17.7 Å². The Morgan fingerprint density at radius 1 is 1.07 bits per heavy atom. The van der Waals surface area contributed by atoms with Gasteiger partial charge in [0.2, 0.25) is 0 Å². The Balaban J connectivity index is 0.00000240. The molecule has 0 aliphatic heterocycles. The van der Waals surface area contributed by atoms with E-state index in [-0.39, 0.29) is 18.0 Å². The second-order valence-electron chi connectivity index (χ2n) is 6.87. The number of aromatic nitrogens is 2. The van der Waals surface area contributed by atoms with Crippen LogP contribution in [0, 0.1) is 0 Å². The summed E-state index contributed by atoms with van der Waals surface area (Å²) < 4.78 is 0. The van der Waals surface area contributed by atoms with Gasteiger partial charge in [-0.05, 0) is 32.6 Å². The van der Waals surface area contributed by atoms with Gasteiger partial charge in [-0.25, -0.2) is 14.8 Å². The predicted molar refractivity (Wildman–Crippen MR) is 114 cm³/mol. The van der Waals surface area contributed by atoms with Crippen molar-refractivity contribution < 1.29 is 14.7 Å². The van der Waals surface area contributed by atoms with E-state index in [9.17, 15) is 9.90 Å². The minimum Gasteiger partial charge on any atom is -0.478 e. The van der Waals surface area contributed by atoms with Crippen LogP contribution in [-0.4, -0.2) is 58.9 Å². The minimum atomic E-state index is -1.02. The highest BCUT2D eigenvalue weighted by molar-refractivity contribution is 6.23. The van der Waals surface area contributed by atoms with Crippen molar-refractivity contribution in [2.45, 2.75) is 6.42 Å².